The van der Waals surface area contributed by atoms with E-state index in [9.17, 15) is 18.0 Å². The summed E-state index contributed by atoms with van der Waals surface area (Å²) < 4.78 is 51.3. The van der Waals surface area contributed by atoms with Gasteiger partial charge in [-0.05, 0) is 49.2 Å². The van der Waals surface area contributed by atoms with Crippen molar-refractivity contribution >= 4 is 23.2 Å². The molecule has 1 amide bonds. The molecule has 1 saturated heterocycles. The van der Waals surface area contributed by atoms with E-state index in [1.54, 1.807) is 0 Å². The number of anilines is 1. The fourth-order valence-electron chi connectivity index (χ4n) is 4.03. The summed E-state index contributed by atoms with van der Waals surface area (Å²) in [5, 5.41) is 2.22. The first-order chi connectivity index (χ1) is 14.8. The van der Waals surface area contributed by atoms with Gasteiger partial charge in [0.05, 0.1) is 36.0 Å². The highest BCUT2D eigenvalue weighted by atomic mass is 35.5. The second-order valence-corrected chi connectivity index (χ2v) is 8.00. The van der Waals surface area contributed by atoms with Crippen LogP contribution in [0.25, 0.3) is 0 Å². The van der Waals surface area contributed by atoms with E-state index in [0.717, 1.165) is 30.9 Å². The average Bonchev–Trinajstić information content (AvgIpc) is 3.03. The van der Waals surface area contributed by atoms with Crippen LogP contribution in [0.5, 0.6) is 11.5 Å². The summed E-state index contributed by atoms with van der Waals surface area (Å²) in [7, 11) is 0. The van der Waals surface area contributed by atoms with E-state index in [0.29, 0.717) is 31.3 Å². The van der Waals surface area contributed by atoms with Crippen molar-refractivity contribution in [3.05, 3.63) is 52.5 Å². The first kappa shape index (κ1) is 21.8. The highest BCUT2D eigenvalue weighted by molar-refractivity contribution is 6.34. The van der Waals surface area contributed by atoms with Gasteiger partial charge in [-0.3, -0.25) is 9.69 Å². The number of rotatable bonds is 4. The molecule has 0 aromatic heterocycles. The van der Waals surface area contributed by atoms with Crippen LogP contribution < -0.4 is 14.8 Å². The Labute approximate surface area is 183 Å². The van der Waals surface area contributed by atoms with E-state index in [4.69, 9.17) is 21.1 Å². The Hall–Kier alpha value is -2.45. The van der Waals surface area contributed by atoms with Crippen molar-refractivity contribution in [3.63, 3.8) is 0 Å². The monoisotopic (exact) mass is 454 g/mol. The maximum atomic E-state index is 13.3. The van der Waals surface area contributed by atoms with Crippen molar-refractivity contribution in [1.29, 1.82) is 0 Å². The maximum absolute atomic E-state index is 13.3. The number of hydrogen-bond donors (Lipinski definition) is 1. The Morgan fingerprint density at radius 2 is 1.90 bits per heavy atom. The van der Waals surface area contributed by atoms with Gasteiger partial charge in [0, 0.05) is 12.5 Å². The van der Waals surface area contributed by atoms with E-state index < -0.39 is 23.3 Å². The molecule has 1 N–H and O–H groups in total. The van der Waals surface area contributed by atoms with Gasteiger partial charge in [0.15, 0.2) is 11.5 Å². The SMILES string of the molecule is O=C(CN1CCC[C@H]1c1ccc2c(c1)OCCCO2)Nc1c(Cl)cccc1C(F)(F)F. The number of alkyl halides is 3. The molecule has 0 unspecified atom stereocenters. The lowest BCUT2D eigenvalue weighted by Crippen LogP contribution is -2.33. The summed E-state index contributed by atoms with van der Waals surface area (Å²) in [6.45, 7) is 1.81. The average molecular weight is 455 g/mol. The highest BCUT2D eigenvalue weighted by Gasteiger charge is 2.35. The molecule has 9 heteroatoms. The fraction of sp³-hybridized carbons (Fsp3) is 0.409. The number of hydrogen-bond acceptors (Lipinski definition) is 4. The van der Waals surface area contributed by atoms with Gasteiger partial charge in [0.2, 0.25) is 5.91 Å². The molecular formula is C22H22ClF3N2O3. The lowest BCUT2D eigenvalue weighted by atomic mass is 10.0. The van der Waals surface area contributed by atoms with E-state index in [1.165, 1.54) is 12.1 Å². The molecule has 0 radical (unpaired) electrons. The largest absolute Gasteiger partial charge is 0.490 e. The second-order valence-electron chi connectivity index (χ2n) is 7.59. The third-order valence-corrected chi connectivity index (χ3v) is 5.77. The van der Waals surface area contributed by atoms with Gasteiger partial charge in [-0.2, -0.15) is 13.2 Å². The van der Waals surface area contributed by atoms with Gasteiger partial charge in [-0.25, -0.2) is 0 Å². The van der Waals surface area contributed by atoms with E-state index in [-0.39, 0.29) is 17.6 Å². The van der Waals surface area contributed by atoms with Crippen LogP contribution in [-0.2, 0) is 11.0 Å². The number of halogens is 4. The van der Waals surface area contributed by atoms with Crippen molar-refractivity contribution in [2.75, 3.05) is 31.6 Å². The summed E-state index contributed by atoms with van der Waals surface area (Å²) in [6, 6.07) is 9.14. The van der Waals surface area contributed by atoms with Gasteiger partial charge in [0.25, 0.3) is 0 Å². The number of carbonyl (C=O) groups is 1. The summed E-state index contributed by atoms with van der Waals surface area (Å²) in [4.78, 5) is 14.6. The number of fused-ring (bicyclic) bond motifs is 1. The van der Waals surface area contributed by atoms with Crippen molar-refractivity contribution in [1.82, 2.24) is 4.90 Å². The molecule has 1 atom stereocenters. The van der Waals surface area contributed by atoms with Crippen LogP contribution in [-0.4, -0.2) is 37.1 Å². The van der Waals surface area contributed by atoms with Crippen molar-refractivity contribution < 1.29 is 27.4 Å². The predicted octanol–water partition coefficient (Wildman–Crippen LogP) is 5.30. The van der Waals surface area contributed by atoms with Crippen molar-refractivity contribution in [2.45, 2.75) is 31.5 Å². The Balaban J connectivity index is 1.49. The zero-order valence-electron chi connectivity index (χ0n) is 16.7. The number of benzene rings is 2. The van der Waals surface area contributed by atoms with Crippen LogP contribution in [0.4, 0.5) is 18.9 Å². The number of nitrogens with one attached hydrogen (secondary N) is 1. The standard InChI is InChI=1S/C22H22ClF3N2O3/c23-16-5-1-4-15(22(24,25)26)21(16)27-20(29)13-28-9-2-6-17(28)14-7-8-18-19(12-14)31-11-3-10-30-18/h1,4-5,7-8,12,17H,2-3,6,9-11,13H2,(H,27,29)/t17-/m0/s1. The molecule has 0 aliphatic carbocycles. The second kappa shape index (κ2) is 8.96. The van der Waals surface area contributed by atoms with Gasteiger partial charge >= 0.3 is 6.18 Å². The fourth-order valence-corrected chi connectivity index (χ4v) is 4.25. The normalized spacial score (nSPS) is 19.2. The van der Waals surface area contributed by atoms with E-state index in [1.807, 2.05) is 23.1 Å². The quantitative estimate of drug-likeness (QED) is 0.681. The van der Waals surface area contributed by atoms with Gasteiger partial charge in [0.1, 0.15) is 0 Å². The topological polar surface area (TPSA) is 50.8 Å². The van der Waals surface area contributed by atoms with Gasteiger partial charge in [-0.15, -0.1) is 0 Å². The van der Waals surface area contributed by atoms with Crippen LogP contribution in [0, 0.1) is 0 Å². The molecule has 5 nitrogen and oxygen atoms in total. The van der Waals surface area contributed by atoms with Crippen LogP contribution >= 0.6 is 11.6 Å². The minimum absolute atomic E-state index is 0.0313. The van der Waals surface area contributed by atoms with E-state index >= 15 is 0 Å². The number of ether oxygens (including phenoxy) is 2. The molecule has 2 aromatic rings. The van der Waals surface area contributed by atoms with E-state index in [2.05, 4.69) is 5.32 Å². The van der Waals surface area contributed by atoms with Crippen molar-refractivity contribution in [2.24, 2.45) is 0 Å². The Bertz CT molecular complexity index is 968. The molecule has 2 aromatic carbocycles. The lowest BCUT2D eigenvalue weighted by molar-refractivity contribution is -0.137. The molecule has 0 saturated carbocycles. The minimum Gasteiger partial charge on any atom is -0.490 e. The number of amides is 1. The zero-order valence-corrected chi connectivity index (χ0v) is 17.4. The molecule has 0 bridgehead atoms. The number of likely N-dealkylation sites (tertiary alicyclic amines) is 1. The molecule has 4 rings (SSSR count). The first-order valence-corrected chi connectivity index (χ1v) is 10.5. The first-order valence-electron chi connectivity index (χ1n) is 10.1. The number of nitrogens with zero attached hydrogens (tertiary/aromatic N) is 1. The molecular weight excluding hydrogens is 433 g/mol. The van der Waals surface area contributed by atoms with Crippen LogP contribution in [0.1, 0.15) is 36.4 Å². The summed E-state index contributed by atoms with van der Waals surface area (Å²) in [6.07, 6.45) is -2.09. The smallest absolute Gasteiger partial charge is 0.418 e. The lowest BCUT2D eigenvalue weighted by Gasteiger charge is -2.25. The van der Waals surface area contributed by atoms with Crippen LogP contribution in [0.3, 0.4) is 0 Å². The van der Waals surface area contributed by atoms with Gasteiger partial charge in [-0.1, -0.05) is 23.7 Å². The highest BCUT2D eigenvalue weighted by Crippen LogP contribution is 2.40. The zero-order chi connectivity index (χ0) is 22.0. The molecule has 0 spiro atoms. The molecule has 2 aliphatic rings. The Morgan fingerprint density at radius 1 is 1.13 bits per heavy atom. The van der Waals surface area contributed by atoms with Crippen LogP contribution in [0.2, 0.25) is 5.02 Å². The van der Waals surface area contributed by atoms with Crippen LogP contribution in [0.15, 0.2) is 36.4 Å². The van der Waals surface area contributed by atoms with Gasteiger partial charge < -0.3 is 14.8 Å². The molecule has 2 heterocycles. The molecule has 1 fully saturated rings. The molecule has 31 heavy (non-hydrogen) atoms. The minimum atomic E-state index is -4.62. The number of carbonyl (C=O) groups excluding carboxylic acids is 1. The van der Waals surface area contributed by atoms with Crippen molar-refractivity contribution in [3.8, 4) is 11.5 Å². The summed E-state index contributed by atoms with van der Waals surface area (Å²) >= 11 is 5.95. The maximum Gasteiger partial charge on any atom is 0.418 e. The Morgan fingerprint density at radius 3 is 2.68 bits per heavy atom. The predicted molar refractivity (Wildman–Crippen MR) is 111 cm³/mol. The Kier molecular flexibility index (Phi) is 6.29. The third-order valence-electron chi connectivity index (χ3n) is 5.45. The third kappa shape index (κ3) is 4.91. The molecule has 2 aliphatic heterocycles. The summed E-state index contributed by atoms with van der Waals surface area (Å²) in [5.41, 5.74) is -0.384. The number of para-hydroxylation sites is 1. The molecule has 166 valence electrons. The summed E-state index contributed by atoms with van der Waals surface area (Å²) in [5.74, 6) is 0.832.